The Hall–Kier alpha value is -4.47. The van der Waals surface area contributed by atoms with Gasteiger partial charge in [-0.25, -0.2) is 0 Å². The number of ketones is 1. The number of carbonyl (C=O) groups excluding carboxylic acids is 5. The molecule has 3 heterocycles. The Balaban J connectivity index is 1.29. The van der Waals surface area contributed by atoms with Crippen molar-refractivity contribution < 1.29 is 24.0 Å². The van der Waals surface area contributed by atoms with Gasteiger partial charge in [-0.2, -0.15) is 0 Å². The number of hydrogen-bond acceptors (Lipinski definition) is 5. The molecule has 1 aromatic heterocycles. The quantitative estimate of drug-likeness (QED) is 0.248. The van der Waals surface area contributed by atoms with E-state index < -0.39 is 35.6 Å². The summed E-state index contributed by atoms with van der Waals surface area (Å²) < 4.78 is 0. The van der Waals surface area contributed by atoms with E-state index in [1.165, 1.54) is 0 Å². The van der Waals surface area contributed by atoms with Crippen molar-refractivity contribution in [1.29, 1.82) is 0 Å². The van der Waals surface area contributed by atoms with Crippen LogP contribution in [0.15, 0.2) is 60.7 Å². The van der Waals surface area contributed by atoms with Crippen LogP contribution in [0.25, 0.3) is 10.9 Å². The molecule has 202 valence electrons. The molecule has 2 saturated heterocycles. The molecule has 0 saturated carbocycles. The largest absolute Gasteiger partial charge is 0.356 e. The molecule has 0 spiro atoms. The number of benzene rings is 2. The third-order valence-corrected chi connectivity index (χ3v) is 7.42. The fourth-order valence-electron chi connectivity index (χ4n) is 5.28. The SMILES string of the molecule is O=C(NCc1ccccc1)C(=O)C(C[C@H]1CCNC1=O)C(=O)N[C@@H]1CCCN1C(=O)c1cc2ccccc2[nH]1. The first-order chi connectivity index (χ1) is 18.9. The van der Waals surface area contributed by atoms with Gasteiger partial charge in [0.25, 0.3) is 11.8 Å². The molecule has 2 aliphatic heterocycles. The highest BCUT2D eigenvalue weighted by molar-refractivity contribution is 6.40. The van der Waals surface area contributed by atoms with Crippen LogP contribution < -0.4 is 16.0 Å². The minimum absolute atomic E-state index is 0.0715. The number of H-pyrrole nitrogens is 1. The number of aromatic nitrogens is 1. The lowest BCUT2D eigenvalue weighted by Gasteiger charge is -2.27. The van der Waals surface area contributed by atoms with Crippen molar-refractivity contribution in [1.82, 2.24) is 25.8 Å². The van der Waals surface area contributed by atoms with Crippen molar-refractivity contribution in [3.05, 3.63) is 71.9 Å². The van der Waals surface area contributed by atoms with Crippen LogP contribution in [0.2, 0.25) is 0 Å². The maximum absolute atomic E-state index is 13.5. The highest BCUT2D eigenvalue weighted by Crippen LogP contribution is 2.24. The maximum Gasteiger partial charge on any atom is 0.288 e. The molecule has 1 unspecified atom stereocenters. The number of Topliss-reactive ketones (excluding diaryl/α,β-unsaturated/α-hetero) is 1. The van der Waals surface area contributed by atoms with Crippen molar-refractivity contribution in [2.75, 3.05) is 13.1 Å². The molecule has 0 bridgehead atoms. The van der Waals surface area contributed by atoms with E-state index in [1.807, 2.05) is 54.6 Å². The monoisotopic (exact) mass is 529 g/mol. The van der Waals surface area contributed by atoms with Gasteiger partial charge in [-0.1, -0.05) is 48.5 Å². The van der Waals surface area contributed by atoms with Gasteiger partial charge >= 0.3 is 0 Å². The Labute approximate surface area is 225 Å². The minimum Gasteiger partial charge on any atom is -0.356 e. The van der Waals surface area contributed by atoms with E-state index in [2.05, 4.69) is 20.9 Å². The standard InChI is InChI=1S/C29H31N5O5/c35-25(28(38)31-17-18-7-2-1-3-8-18)21(15-20-12-13-30-26(20)36)27(37)33-24-11-6-14-34(24)29(39)23-16-19-9-4-5-10-22(19)32-23/h1-5,7-10,16,20-21,24,32H,6,11-15,17H2,(H,30,36)(H,31,38)(H,33,37)/t20-,21?,24+/m1/s1. The van der Waals surface area contributed by atoms with Gasteiger partial charge in [-0.05, 0) is 43.4 Å². The Morgan fingerprint density at radius 3 is 2.51 bits per heavy atom. The number of rotatable bonds is 9. The highest BCUT2D eigenvalue weighted by Gasteiger charge is 2.40. The molecule has 0 radical (unpaired) electrons. The van der Waals surface area contributed by atoms with E-state index in [0.717, 1.165) is 16.5 Å². The van der Waals surface area contributed by atoms with Crippen molar-refractivity contribution in [3.8, 4) is 0 Å². The summed E-state index contributed by atoms with van der Waals surface area (Å²) in [7, 11) is 0. The zero-order chi connectivity index (χ0) is 27.4. The molecule has 0 aliphatic carbocycles. The average molecular weight is 530 g/mol. The molecule has 10 nitrogen and oxygen atoms in total. The summed E-state index contributed by atoms with van der Waals surface area (Å²) in [6.45, 7) is 1.04. The number of para-hydroxylation sites is 1. The van der Waals surface area contributed by atoms with Gasteiger partial charge in [-0.3, -0.25) is 24.0 Å². The Morgan fingerprint density at radius 2 is 1.77 bits per heavy atom. The number of nitrogens with zero attached hydrogens (tertiary/aromatic N) is 1. The molecule has 4 N–H and O–H groups in total. The van der Waals surface area contributed by atoms with Crippen molar-refractivity contribution >= 4 is 40.3 Å². The van der Waals surface area contributed by atoms with Gasteiger partial charge in [0, 0.05) is 36.5 Å². The first-order valence-electron chi connectivity index (χ1n) is 13.2. The second-order valence-corrected chi connectivity index (χ2v) is 10.0. The highest BCUT2D eigenvalue weighted by atomic mass is 16.2. The zero-order valence-corrected chi connectivity index (χ0v) is 21.4. The number of amides is 4. The van der Waals surface area contributed by atoms with Crippen LogP contribution in [-0.2, 0) is 25.7 Å². The van der Waals surface area contributed by atoms with Gasteiger partial charge in [0.1, 0.15) is 17.8 Å². The topological polar surface area (TPSA) is 140 Å². The lowest BCUT2D eigenvalue weighted by atomic mass is 9.89. The van der Waals surface area contributed by atoms with Crippen molar-refractivity contribution in [3.63, 3.8) is 0 Å². The van der Waals surface area contributed by atoms with Crippen LogP contribution in [0.3, 0.4) is 0 Å². The number of likely N-dealkylation sites (tertiary alicyclic amines) is 1. The fourth-order valence-corrected chi connectivity index (χ4v) is 5.28. The molecular formula is C29H31N5O5. The van der Waals surface area contributed by atoms with E-state index in [1.54, 1.807) is 11.0 Å². The van der Waals surface area contributed by atoms with Gasteiger partial charge < -0.3 is 25.8 Å². The molecule has 3 aromatic rings. The Kier molecular flexibility index (Phi) is 7.72. The summed E-state index contributed by atoms with van der Waals surface area (Å²) in [5.74, 6) is -4.81. The fraction of sp³-hybridized carbons (Fsp3) is 0.345. The molecular weight excluding hydrogens is 498 g/mol. The molecule has 39 heavy (non-hydrogen) atoms. The number of nitrogens with one attached hydrogen (secondary N) is 4. The summed E-state index contributed by atoms with van der Waals surface area (Å²) in [5.41, 5.74) is 2.06. The van der Waals surface area contributed by atoms with Gasteiger partial charge in [-0.15, -0.1) is 0 Å². The Morgan fingerprint density at radius 1 is 1.00 bits per heavy atom. The molecule has 10 heteroatoms. The second kappa shape index (κ2) is 11.5. The van der Waals surface area contributed by atoms with E-state index >= 15 is 0 Å². The van der Waals surface area contributed by atoms with Crippen molar-refractivity contribution in [2.24, 2.45) is 11.8 Å². The van der Waals surface area contributed by atoms with Gasteiger partial charge in [0.2, 0.25) is 17.6 Å². The van der Waals surface area contributed by atoms with E-state index in [9.17, 15) is 24.0 Å². The smallest absolute Gasteiger partial charge is 0.288 e. The summed E-state index contributed by atoms with van der Waals surface area (Å²) in [6.07, 6.45) is 0.978. The number of hydrogen-bond donors (Lipinski definition) is 4. The lowest BCUT2D eigenvalue weighted by Crippen LogP contribution is -2.51. The van der Waals surface area contributed by atoms with Crippen LogP contribution >= 0.6 is 0 Å². The first kappa shape index (κ1) is 26.1. The number of carbonyl (C=O) groups is 5. The predicted octanol–water partition coefficient (Wildman–Crippen LogP) is 1.87. The van der Waals surface area contributed by atoms with Crippen LogP contribution in [0.1, 0.15) is 41.7 Å². The summed E-state index contributed by atoms with van der Waals surface area (Å²) >= 11 is 0. The predicted molar refractivity (Wildman–Crippen MR) is 143 cm³/mol. The van der Waals surface area contributed by atoms with Crippen LogP contribution in [0.4, 0.5) is 0 Å². The minimum atomic E-state index is -1.35. The second-order valence-electron chi connectivity index (χ2n) is 10.0. The molecule has 2 aliphatic rings. The number of aromatic amines is 1. The summed E-state index contributed by atoms with van der Waals surface area (Å²) in [5, 5.41) is 9.04. The Bertz CT molecular complexity index is 1370. The number of fused-ring (bicyclic) bond motifs is 1. The third kappa shape index (κ3) is 5.84. The molecule has 2 aromatic carbocycles. The van der Waals surface area contributed by atoms with Crippen LogP contribution in [0, 0.1) is 11.8 Å². The summed E-state index contributed by atoms with van der Waals surface area (Å²) in [4.78, 5) is 69.7. The molecule has 3 atom stereocenters. The average Bonchev–Trinajstić information content (AvgIpc) is 3.70. The lowest BCUT2D eigenvalue weighted by molar-refractivity contribution is -0.145. The summed E-state index contributed by atoms with van der Waals surface area (Å²) in [6, 6.07) is 18.5. The van der Waals surface area contributed by atoms with Crippen molar-refractivity contribution in [2.45, 2.75) is 38.4 Å². The third-order valence-electron chi connectivity index (χ3n) is 7.42. The normalized spacial score (nSPS) is 19.5. The van der Waals surface area contributed by atoms with E-state index in [0.29, 0.717) is 38.0 Å². The maximum atomic E-state index is 13.5. The zero-order valence-electron chi connectivity index (χ0n) is 21.4. The van der Waals surface area contributed by atoms with Crippen LogP contribution in [-0.4, -0.2) is 58.6 Å². The van der Waals surface area contributed by atoms with Gasteiger partial charge in [0.15, 0.2) is 0 Å². The van der Waals surface area contributed by atoms with E-state index in [-0.39, 0.29) is 24.8 Å². The first-order valence-corrected chi connectivity index (χ1v) is 13.2. The molecule has 2 fully saturated rings. The molecule has 4 amide bonds. The van der Waals surface area contributed by atoms with Gasteiger partial charge in [0.05, 0.1) is 0 Å². The van der Waals surface area contributed by atoms with Crippen LogP contribution in [0.5, 0.6) is 0 Å². The molecule has 5 rings (SSSR count). The van der Waals surface area contributed by atoms with E-state index in [4.69, 9.17) is 0 Å².